The van der Waals surface area contributed by atoms with Gasteiger partial charge in [0.25, 0.3) is 5.91 Å². The van der Waals surface area contributed by atoms with Crippen molar-refractivity contribution in [2.24, 2.45) is 17.8 Å². The smallest absolute Gasteiger partial charge is 0.329 e. The molecule has 38 heavy (non-hydrogen) atoms. The number of hydrogen-bond acceptors (Lipinski definition) is 9. The Kier molecular flexibility index (Phi) is 9.96. The highest BCUT2D eigenvalue weighted by Gasteiger charge is 2.36. The number of methoxy groups -OCH3 is 1. The molecule has 2 heterocycles. The van der Waals surface area contributed by atoms with Gasteiger partial charge in [-0.05, 0) is 69.6 Å². The van der Waals surface area contributed by atoms with Gasteiger partial charge in [-0.2, -0.15) is 0 Å². The number of nitrogens with zero attached hydrogens (tertiary/aromatic N) is 1. The summed E-state index contributed by atoms with van der Waals surface area (Å²) in [6.07, 6.45) is 8.30. The molecule has 3 aliphatic rings. The van der Waals surface area contributed by atoms with Gasteiger partial charge < -0.3 is 29.0 Å². The highest BCUT2D eigenvalue weighted by Crippen LogP contribution is 2.34. The number of hydrogen-bond donors (Lipinski definition) is 1. The van der Waals surface area contributed by atoms with Gasteiger partial charge in [0.15, 0.2) is 11.4 Å². The van der Waals surface area contributed by atoms with Gasteiger partial charge in [0.1, 0.15) is 12.1 Å². The summed E-state index contributed by atoms with van der Waals surface area (Å²) in [5.74, 6) is -0.216. The van der Waals surface area contributed by atoms with Crippen LogP contribution in [0.1, 0.15) is 75.7 Å². The SMILES string of the molecule is COc1ccnc(C(=O)N[C@H]2CCC[C@H](CCOCC3CC3)[C@@H](OCC3CC3)[C@H](C)OC2=O)c1OC(C)=O. The molecule has 0 bridgehead atoms. The predicted molar refractivity (Wildman–Crippen MR) is 137 cm³/mol. The molecule has 1 saturated heterocycles. The van der Waals surface area contributed by atoms with Gasteiger partial charge in [0.2, 0.25) is 5.75 Å². The normalized spacial score (nSPS) is 25.9. The molecule has 4 atom stereocenters. The number of cyclic esters (lactones) is 1. The second-order valence-corrected chi connectivity index (χ2v) is 10.7. The maximum Gasteiger partial charge on any atom is 0.329 e. The Balaban J connectivity index is 1.43. The van der Waals surface area contributed by atoms with E-state index in [2.05, 4.69) is 10.3 Å². The van der Waals surface area contributed by atoms with E-state index in [4.69, 9.17) is 23.7 Å². The van der Waals surface area contributed by atoms with Crippen LogP contribution in [0.15, 0.2) is 12.3 Å². The summed E-state index contributed by atoms with van der Waals surface area (Å²) in [5.41, 5.74) is -0.142. The van der Waals surface area contributed by atoms with E-state index in [0.717, 1.165) is 19.4 Å². The first-order chi connectivity index (χ1) is 18.4. The number of ether oxygens (including phenoxy) is 5. The van der Waals surface area contributed by atoms with E-state index in [1.807, 2.05) is 6.92 Å². The second-order valence-electron chi connectivity index (χ2n) is 10.7. The maximum atomic E-state index is 13.2. The minimum Gasteiger partial charge on any atom is -0.493 e. The molecular formula is C28H40N2O8. The number of pyridine rings is 1. The largest absolute Gasteiger partial charge is 0.493 e. The van der Waals surface area contributed by atoms with Crippen LogP contribution in [0.2, 0.25) is 0 Å². The van der Waals surface area contributed by atoms with Crippen molar-refractivity contribution in [1.29, 1.82) is 0 Å². The van der Waals surface area contributed by atoms with Crippen molar-refractivity contribution in [2.45, 2.75) is 83.5 Å². The van der Waals surface area contributed by atoms with Crippen LogP contribution in [0.4, 0.5) is 0 Å². The van der Waals surface area contributed by atoms with Gasteiger partial charge in [-0.25, -0.2) is 9.78 Å². The van der Waals surface area contributed by atoms with Crippen LogP contribution in [0.5, 0.6) is 11.5 Å². The molecule has 210 valence electrons. The summed E-state index contributed by atoms with van der Waals surface area (Å²) in [6, 6.07) is 0.610. The molecule has 3 fully saturated rings. The molecule has 4 rings (SSSR count). The number of carbonyl (C=O) groups is 3. The van der Waals surface area contributed by atoms with Gasteiger partial charge >= 0.3 is 11.9 Å². The third-order valence-electron chi connectivity index (χ3n) is 7.34. The summed E-state index contributed by atoms with van der Waals surface area (Å²) < 4.78 is 28.5. The lowest BCUT2D eigenvalue weighted by Crippen LogP contribution is -2.44. The van der Waals surface area contributed by atoms with Gasteiger partial charge in [-0.15, -0.1) is 0 Å². The average molecular weight is 533 g/mol. The molecular weight excluding hydrogens is 492 g/mol. The number of carbonyl (C=O) groups excluding carboxylic acids is 3. The number of aromatic nitrogens is 1. The Morgan fingerprint density at radius 3 is 2.53 bits per heavy atom. The van der Waals surface area contributed by atoms with E-state index in [0.29, 0.717) is 37.9 Å². The third-order valence-corrected chi connectivity index (χ3v) is 7.34. The molecule has 0 aromatic carbocycles. The minimum atomic E-state index is -0.878. The molecule has 2 aliphatic carbocycles. The molecule has 10 heteroatoms. The van der Waals surface area contributed by atoms with Gasteiger partial charge in [0, 0.05) is 39.0 Å². The lowest BCUT2D eigenvalue weighted by molar-refractivity contribution is -0.161. The molecule has 1 aliphatic heterocycles. The van der Waals surface area contributed by atoms with Crippen LogP contribution in [-0.4, -0.2) is 68.0 Å². The van der Waals surface area contributed by atoms with Crippen LogP contribution < -0.4 is 14.8 Å². The van der Waals surface area contributed by atoms with Crippen LogP contribution in [-0.2, 0) is 23.8 Å². The molecule has 0 spiro atoms. The summed E-state index contributed by atoms with van der Waals surface area (Å²) in [5, 5.41) is 2.74. The van der Waals surface area contributed by atoms with Crippen molar-refractivity contribution in [3.8, 4) is 11.5 Å². The monoisotopic (exact) mass is 532 g/mol. The Hall–Kier alpha value is -2.72. The second kappa shape index (κ2) is 13.4. The van der Waals surface area contributed by atoms with Crippen molar-refractivity contribution >= 4 is 17.8 Å². The van der Waals surface area contributed by atoms with Gasteiger partial charge in [0.05, 0.1) is 13.2 Å². The molecule has 0 unspecified atom stereocenters. The highest BCUT2D eigenvalue weighted by atomic mass is 16.6. The van der Waals surface area contributed by atoms with Crippen molar-refractivity contribution in [3.63, 3.8) is 0 Å². The quantitative estimate of drug-likeness (QED) is 0.318. The lowest BCUT2D eigenvalue weighted by Gasteiger charge is -2.31. The summed E-state index contributed by atoms with van der Waals surface area (Å²) in [6.45, 7) is 5.23. The predicted octanol–water partition coefficient (Wildman–Crippen LogP) is 3.46. The molecule has 1 aromatic rings. The van der Waals surface area contributed by atoms with Crippen molar-refractivity contribution in [1.82, 2.24) is 10.3 Å². The molecule has 1 amide bonds. The molecule has 1 aromatic heterocycles. The molecule has 0 radical (unpaired) electrons. The van der Waals surface area contributed by atoms with Crippen LogP contribution in [0.25, 0.3) is 0 Å². The van der Waals surface area contributed by atoms with Crippen LogP contribution in [0.3, 0.4) is 0 Å². The first-order valence-electron chi connectivity index (χ1n) is 13.8. The fraction of sp³-hybridized carbons (Fsp3) is 0.714. The Morgan fingerprint density at radius 1 is 1.11 bits per heavy atom. The minimum absolute atomic E-state index is 0.0930. The van der Waals surface area contributed by atoms with E-state index < -0.39 is 30.0 Å². The third kappa shape index (κ3) is 8.14. The van der Waals surface area contributed by atoms with E-state index >= 15 is 0 Å². The Labute approximate surface area is 224 Å². The first-order valence-corrected chi connectivity index (χ1v) is 13.8. The summed E-state index contributed by atoms with van der Waals surface area (Å²) >= 11 is 0. The van der Waals surface area contributed by atoms with Crippen LogP contribution in [0, 0.1) is 17.8 Å². The standard InChI is InChI=1S/C28H40N2O8/c1-17-25(36-16-20-9-10-20)21(12-14-35-15-19-7-8-19)5-4-6-22(28(33)37-17)30-27(32)24-26(38-18(2)31)23(34-3)11-13-29-24/h11,13,17,19-22,25H,4-10,12,14-16H2,1-3H3,(H,30,32)/t17-,21+,22-,25-/m0/s1. The Bertz CT molecular complexity index is 978. The van der Waals surface area contributed by atoms with Crippen molar-refractivity contribution < 1.29 is 38.1 Å². The van der Waals surface area contributed by atoms with Gasteiger partial charge in [-0.3, -0.25) is 9.59 Å². The Morgan fingerprint density at radius 2 is 1.84 bits per heavy atom. The maximum absolute atomic E-state index is 13.2. The topological polar surface area (TPSA) is 122 Å². The zero-order valence-corrected chi connectivity index (χ0v) is 22.6. The number of esters is 2. The van der Waals surface area contributed by atoms with Crippen LogP contribution >= 0.6 is 0 Å². The summed E-state index contributed by atoms with van der Waals surface area (Å²) in [7, 11) is 1.40. The number of nitrogens with one attached hydrogen (secondary N) is 1. The lowest BCUT2D eigenvalue weighted by atomic mass is 9.89. The number of amides is 1. The van der Waals surface area contributed by atoms with E-state index in [-0.39, 0.29) is 29.2 Å². The number of rotatable bonds is 12. The van der Waals surface area contributed by atoms with E-state index in [9.17, 15) is 14.4 Å². The van der Waals surface area contributed by atoms with Crippen molar-refractivity contribution in [3.05, 3.63) is 18.0 Å². The van der Waals surface area contributed by atoms with Gasteiger partial charge in [-0.1, -0.05) is 6.42 Å². The highest BCUT2D eigenvalue weighted by molar-refractivity contribution is 5.98. The first kappa shape index (κ1) is 28.3. The molecule has 1 N–H and O–H groups in total. The summed E-state index contributed by atoms with van der Waals surface area (Å²) in [4.78, 5) is 42.0. The fourth-order valence-corrected chi connectivity index (χ4v) is 4.82. The fourth-order valence-electron chi connectivity index (χ4n) is 4.82. The molecule has 10 nitrogen and oxygen atoms in total. The zero-order valence-electron chi connectivity index (χ0n) is 22.6. The molecule has 2 saturated carbocycles. The average Bonchev–Trinajstić information content (AvgIpc) is 3.80. The van der Waals surface area contributed by atoms with E-state index in [1.165, 1.54) is 52.0 Å². The van der Waals surface area contributed by atoms with Crippen molar-refractivity contribution in [2.75, 3.05) is 26.9 Å². The van der Waals surface area contributed by atoms with E-state index in [1.54, 1.807) is 0 Å². The zero-order chi connectivity index (χ0) is 27.1.